The minimum Gasteiger partial charge on any atom is -0.390 e. The second kappa shape index (κ2) is 6.63. The first-order valence-corrected chi connectivity index (χ1v) is 5.71. The molecule has 0 bridgehead atoms. The summed E-state index contributed by atoms with van der Waals surface area (Å²) in [7, 11) is 0. The number of carbonyl (C=O) groups excluding carboxylic acids is 1. The summed E-state index contributed by atoms with van der Waals surface area (Å²) in [4.78, 5) is 14.1. The van der Waals surface area contributed by atoms with Crippen molar-refractivity contribution in [2.45, 2.75) is 25.6 Å². The molecule has 0 aliphatic carbocycles. The van der Waals surface area contributed by atoms with Crippen LogP contribution < -0.4 is 5.32 Å². The number of aliphatic hydroxyl groups excluding tert-OH is 2. The number of aliphatic hydroxyl groups is 2. The Morgan fingerprint density at radius 2 is 2.28 bits per heavy atom. The van der Waals surface area contributed by atoms with Crippen LogP contribution in [-0.4, -0.2) is 33.8 Å². The summed E-state index contributed by atoms with van der Waals surface area (Å²) in [6.07, 6.45) is -1.28. The van der Waals surface area contributed by atoms with E-state index in [9.17, 15) is 19.4 Å². The van der Waals surface area contributed by atoms with E-state index in [2.05, 4.69) is 10.3 Å². The first kappa shape index (κ1) is 14.8. The summed E-state index contributed by atoms with van der Waals surface area (Å²) in [6, 6.07) is 1.24. The van der Waals surface area contributed by atoms with Gasteiger partial charge in [0.1, 0.15) is 6.10 Å². The van der Waals surface area contributed by atoms with Gasteiger partial charge in [-0.1, -0.05) is 11.6 Å². The number of nitrogens with one attached hydrogen (secondary N) is 1. The maximum atomic E-state index is 13.5. The summed E-state index contributed by atoms with van der Waals surface area (Å²) in [5, 5.41) is 21.5. The Labute approximate surface area is 109 Å². The van der Waals surface area contributed by atoms with Gasteiger partial charge >= 0.3 is 0 Å². The van der Waals surface area contributed by atoms with Crippen molar-refractivity contribution in [1.82, 2.24) is 10.3 Å². The van der Waals surface area contributed by atoms with Crippen LogP contribution in [0.1, 0.15) is 25.0 Å². The molecule has 2 atom stereocenters. The highest BCUT2D eigenvalue weighted by Gasteiger charge is 2.22. The maximum absolute atomic E-state index is 13.5. The molecule has 1 aromatic rings. The molecule has 0 fully saturated rings. The zero-order valence-electron chi connectivity index (χ0n) is 9.73. The third-order valence-electron chi connectivity index (χ3n) is 2.37. The van der Waals surface area contributed by atoms with Gasteiger partial charge in [0.15, 0.2) is 11.0 Å². The lowest BCUT2D eigenvalue weighted by molar-refractivity contribution is -0.119. The maximum Gasteiger partial charge on any atom is 0.216 e. The van der Waals surface area contributed by atoms with E-state index in [4.69, 9.17) is 11.6 Å². The topological polar surface area (TPSA) is 82.5 Å². The lowest BCUT2D eigenvalue weighted by atomic mass is 10.0. The molecule has 0 aliphatic rings. The molecular formula is C11H14ClFN2O3. The molecule has 0 radical (unpaired) electrons. The van der Waals surface area contributed by atoms with Crippen molar-refractivity contribution in [3.63, 3.8) is 0 Å². The lowest BCUT2D eigenvalue weighted by Crippen LogP contribution is -2.28. The summed E-state index contributed by atoms with van der Waals surface area (Å²) in [5.41, 5.74) is -0.120. The Morgan fingerprint density at radius 3 is 2.89 bits per heavy atom. The van der Waals surface area contributed by atoms with Crippen LogP contribution in [0.25, 0.3) is 0 Å². The van der Waals surface area contributed by atoms with Gasteiger partial charge in [-0.3, -0.25) is 4.79 Å². The van der Waals surface area contributed by atoms with E-state index in [1.54, 1.807) is 0 Å². The van der Waals surface area contributed by atoms with Gasteiger partial charge in [-0.25, -0.2) is 9.37 Å². The van der Waals surface area contributed by atoms with Crippen LogP contribution in [0.5, 0.6) is 0 Å². The third-order valence-corrected chi connectivity index (χ3v) is 2.64. The van der Waals surface area contributed by atoms with E-state index in [-0.39, 0.29) is 29.6 Å². The van der Waals surface area contributed by atoms with Crippen LogP contribution >= 0.6 is 11.6 Å². The number of pyridine rings is 1. The van der Waals surface area contributed by atoms with Crippen molar-refractivity contribution < 1.29 is 19.4 Å². The number of hydrogen-bond acceptors (Lipinski definition) is 4. The number of amides is 1. The lowest BCUT2D eigenvalue weighted by Gasteiger charge is -2.18. The van der Waals surface area contributed by atoms with Gasteiger partial charge in [0.05, 0.1) is 6.10 Å². The molecule has 0 saturated heterocycles. The molecule has 100 valence electrons. The van der Waals surface area contributed by atoms with E-state index >= 15 is 0 Å². The number of aromatic nitrogens is 1. The minimum atomic E-state index is -1.42. The highest BCUT2D eigenvalue weighted by Crippen LogP contribution is 2.24. The van der Waals surface area contributed by atoms with Gasteiger partial charge in [0.2, 0.25) is 5.91 Å². The Bertz CT molecular complexity index is 431. The smallest absolute Gasteiger partial charge is 0.216 e. The Kier molecular flexibility index (Phi) is 5.46. The quantitative estimate of drug-likeness (QED) is 0.695. The molecule has 1 aromatic heterocycles. The van der Waals surface area contributed by atoms with E-state index in [0.29, 0.717) is 0 Å². The van der Waals surface area contributed by atoms with Gasteiger partial charge in [-0.2, -0.15) is 0 Å². The molecule has 1 rings (SSSR count). The van der Waals surface area contributed by atoms with Crippen LogP contribution in [-0.2, 0) is 4.79 Å². The van der Waals surface area contributed by atoms with Crippen molar-refractivity contribution in [2.75, 3.05) is 6.54 Å². The predicted octanol–water partition coefficient (Wildman–Crippen LogP) is 0.795. The van der Waals surface area contributed by atoms with Crippen LogP contribution in [0.4, 0.5) is 4.39 Å². The molecule has 2 unspecified atom stereocenters. The fourth-order valence-corrected chi connectivity index (χ4v) is 1.59. The largest absolute Gasteiger partial charge is 0.390 e. The summed E-state index contributed by atoms with van der Waals surface area (Å²) in [6.45, 7) is 1.53. The van der Waals surface area contributed by atoms with Crippen molar-refractivity contribution in [1.29, 1.82) is 0 Å². The molecule has 0 saturated carbocycles. The molecule has 18 heavy (non-hydrogen) atoms. The normalized spacial score (nSPS) is 14.1. The average Bonchev–Trinajstić information content (AvgIpc) is 2.31. The van der Waals surface area contributed by atoms with Crippen LogP contribution in [0.15, 0.2) is 12.3 Å². The van der Waals surface area contributed by atoms with Gasteiger partial charge in [-0.15, -0.1) is 0 Å². The fraction of sp³-hybridized carbons (Fsp3) is 0.455. The number of hydrogen-bond donors (Lipinski definition) is 3. The first-order chi connectivity index (χ1) is 8.43. The van der Waals surface area contributed by atoms with E-state index in [1.165, 1.54) is 19.2 Å². The molecule has 1 heterocycles. The molecule has 3 N–H and O–H groups in total. The Morgan fingerprint density at radius 1 is 1.61 bits per heavy atom. The summed E-state index contributed by atoms with van der Waals surface area (Å²) < 4.78 is 13.5. The molecule has 7 heteroatoms. The first-order valence-electron chi connectivity index (χ1n) is 5.34. The second-order valence-corrected chi connectivity index (χ2v) is 4.15. The fourth-order valence-electron chi connectivity index (χ4n) is 1.42. The Hall–Kier alpha value is -1.24. The van der Waals surface area contributed by atoms with Crippen molar-refractivity contribution in [3.05, 3.63) is 28.8 Å². The zero-order chi connectivity index (χ0) is 13.7. The SMILES string of the molecule is CC(=O)NCCC(O)C(O)c1ccnc(Cl)c1F. The zero-order valence-corrected chi connectivity index (χ0v) is 10.5. The van der Waals surface area contributed by atoms with Crippen molar-refractivity contribution in [2.24, 2.45) is 0 Å². The average molecular weight is 277 g/mol. The van der Waals surface area contributed by atoms with Crippen LogP contribution in [0.3, 0.4) is 0 Å². The van der Waals surface area contributed by atoms with Gasteiger partial charge in [0, 0.05) is 25.2 Å². The van der Waals surface area contributed by atoms with E-state index in [1.807, 2.05) is 0 Å². The number of carbonyl (C=O) groups is 1. The van der Waals surface area contributed by atoms with E-state index < -0.39 is 18.0 Å². The molecule has 0 aromatic carbocycles. The number of nitrogens with zero attached hydrogens (tertiary/aromatic N) is 1. The van der Waals surface area contributed by atoms with Crippen molar-refractivity contribution >= 4 is 17.5 Å². The third kappa shape index (κ3) is 3.90. The van der Waals surface area contributed by atoms with Gasteiger partial charge < -0.3 is 15.5 Å². The molecule has 1 amide bonds. The highest BCUT2D eigenvalue weighted by molar-refractivity contribution is 6.29. The molecule has 0 aliphatic heterocycles. The van der Waals surface area contributed by atoms with E-state index in [0.717, 1.165) is 0 Å². The molecule has 5 nitrogen and oxygen atoms in total. The minimum absolute atomic E-state index is 0.0973. The Balaban J connectivity index is 2.65. The second-order valence-electron chi connectivity index (χ2n) is 3.79. The number of rotatable bonds is 5. The van der Waals surface area contributed by atoms with Gasteiger partial charge in [0.25, 0.3) is 0 Å². The van der Waals surface area contributed by atoms with Crippen molar-refractivity contribution in [3.8, 4) is 0 Å². The number of halogens is 2. The van der Waals surface area contributed by atoms with Gasteiger partial charge in [-0.05, 0) is 12.5 Å². The molecule has 0 spiro atoms. The standard InChI is InChI=1S/C11H14ClFN2O3/c1-6(16)14-5-3-8(17)10(18)7-2-4-15-11(12)9(7)13/h2,4,8,10,17-18H,3,5H2,1H3,(H,14,16). The summed E-state index contributed by atoms with van der Waals surface area (Å²) in [5.74, 6) is -1.10. The summed E-state index contributed by atoms with van der Waals surface area (Å²) >= 11 is 5.47. The highest BCUT2D eigenvalue weighted by atomic mass is 35.5. The molecular weight excluding hydrogens is 263 g/mol. The monoisotopic (exact) mass is 276 g/mol. The predicted molar refractivity (Wildman–Crippen MR) is 63.5 cm³/mol. The van der Waals surface area contributed by atoms with Crippen LogP contribution in [0, 0.1) is 5.82 Å². The van der Waals surface area contributed by atoms with Crippen LogP contribution in [0.2, 0.25) is 5.15 Å².